The second kappa shape index (κ2) is 18.8. The van der Waals surface area contributed by atoms with Crippen molar-refractivity contribution < 1.29 is 17.9 Å². The predicted octanol–water partition coefficient (Wildman–Crippen LogP) is 11.3. The Balaban J connectivity index is 0.000000180. The summed E-state index contributed by atoms with van der Waals surface area (Å²) in [6, 6.07) is 33.9. The highest BCUT2D eigenvalue weighted by Crippen LogP contribution is 2.48. The van der Waals surface area contributed by atoms with Gasteiger partial charge in [-0.3, -0.25) is 5.10 Å². The zero-order valence-electron chi connectivity index (χ0n) is 39.1. The molecule has 11 nitrogen and oxygen atoms in total. The number of hydrogen-bond donors (Lipinski definition) is 2. The van der Waals surface area contributed by atoms with Crippen molar-refractivity contribution in [2.75, 3.05) is 40.3 Å². The normalized spacial score (nSPS) is 18.3. The van der Waals surface area contributed by atoms with Crippen LogP contribution in [0, 0.1) is 0 Å². The van der Waals surface area contributed by atoms with Crippen LogP contribution in [0.2, 0.25) is 10.0 Å². The van der Waals surface area contributed by atoms with E-state index in [4.69, 9.17) is 27.9 Å². The van der Waals surface area contributed by atoms with Gasteiger partial charge in [0.2, 0.25) is 0 Å². The van der Waals surface area contributed by atoms with Crippen molar-refractivity contribution in [3.8, 4) is 22.3 Å². The number of likely N-dealkylation sites (tertiary alicyclic amines) is 1. The molecule has 10 rings (SSSR count). The summed E-state index contributed by atoms with van der Waals surface area (Å²) in [6.07, 6.45) is 11.5. The van der Waals surface area contributed by atoms with Crippen molar-refractivity contribution in [1.82, 2.24) is 33.9 Å². The molecule has 6 aromatic rings. The Kier molecular flexibility index (Phi) is 13.2. The van der Waals surface area contributed by atoms with Crippen molar-refractivity contribution in [3.63, 3.8) is 0 Å². The van der Waals surface area contributed by atoms with Crippen LogP contribution in [-0.2, 0) is 25.8 Å². The van der Waals surface area contributed by atoms with Gasteiger partial charge in [-0.1, -0.05) is 96.0 Å². The number of ether oxygens (including phenoxy) is 1. The van der Waals surface area contributed by atoms with E-state index in [1.807, 2.05) is 51.2 Å². The fourth-order valence-electron chi connectivity index (χ4n) is 10.1. The predicted molar refractivity (Wildman–Crippen MR) is 267 cm³/mol. The van der Waals surface area contributed by atoms with Crippen LogP contribution in [0.4, 0.5) is 4.79 Å². The van der Waals surface area contributed by atoms with Crippen molar-refractivity contribution in [1.29, 1.82) is 0 Å². The fraction of sp³-hybridized carbons (Fsp3) is 0.415. The monoisotopic (exact) mass is 961 g/mol. The molecule has 4 heterocycles. The molecule has 0 bridgehead atoms. The van der Waals surface area contributed by atoms with E-state index >= 15 is 0 Å². The third-order valence-corrected chi connectivity index (χ3v) is 16.2. The highest BCUT2D eigenvalue weighted by Gasteiger charge is 2.41. The van der Waals surface area contributed by atoms with Crippen LogP contribution in [0.1, 0.15) is 118 Å². The third kappa shape index (κ3) is 9.83. The maximum atomic E-state index is 12.9. The molecule has 0 radical (unpaired) electrons. The second-order valence-corrected chi connectivity index (χ2v) is 22.7. The molecule has 2 N–H and O–H groups in total. The highest BCUT2D eigenvalue weighted by molar-refractivity contribution is 7.87. The molecule has 14 heteroatoms. The molecule has 2 aliphatic heterocycles. The molecular formula is C53H61Cl2N7O4S. The number of H-pyrrole nitrogens is 1. The molecule has 2 saturated carbocycles. The van der Waals surface area contributed by atoms with Crippen molar-refractivity contribution in [3.05, 3.63) is 153 Å². The molecule has 0 unspecified atom stereocenters. The molecule has 67 heavy (non-hydrogen) atoms. The van der Waals surface area contributed by atoms with Gasteiger partial charge in [0, 0.05) is 76.7 Å². The molecule has 352 valence electrons. The number of amides is 1. The van der Waals surface area contributed by atoms with E-state index in [9.17, 15) is 13.2 Å². The van der Waals surface area contributed by atoms with E-state index in [0.717, 1.165) is 84.6 Å². The molecule has 4 aliphatic rings. The summed E-state index contributed by atoms with van der Waals surface area (Å²) >= 11 is 12.4. The minimum atomic E-state index is -3.71. The summed E-state index contributed by atoms with van der Waals surface area (Å²) in [5.74, 6) is 0.858. The number of halogens is 2. The van der Waals surface area contributed by atoms with Gasteiger partial charge in [-0.15, -0.1) is 4.09 Å². The maximum Gasteiger partial charge on any atom is 0.410 e. The summed E-state index contributed by atoms with van der Waals surface area (Å²) in [5.41, 5.74) is 10.6. The fourth-order valence-corrected chi connectivity index (χ4v) is 11.3. The SMILES string of the molecule is CN(C)S(=O)(=O)n1ncc(-c2ccc(C3(c4ccc(Cl)cc4)CCN(C(=O)OC(C)(C)C)CC3)cc2)c1C1CC1.Clc1ccc(C2(c3ccc(-c4cn[nH]c4C4CC4)cc3)CCNCC2)cc1. The van der Waals surface area contributed by atoms with E-state index in [-0.39, 0.29) is 22.8 Å². The Bertz CT molecular complexity index is 2780. The first kappa shape index (κ1) is 47.1. The van der Waals surface area contributed by atoms with Gasteiger partial charge in [0.25, 0.3) is 0 Å². The number of nitrogens with one attached hydrogen (secondary N) is 2. The van der Waals surface area contributed by atoms with E-state index in [1.54, 1.807) is 11.1 Å². The molecular weight excluding hydrogens is 902 g/mol. The Morgan fingerprint density at radius 1 is 0.687 bits per heavy atom. The first-order valence-electron chi connectivity index (χ1n) is 23.5. The average molecular weight is 963 g/mol. The van der Waals surface area contributed by atoms with Crippen LogP contribution in [0.25, 0.3) is 22.3 Å². The van der Waals surface area contributed by atoms with Crippen molar-refractivity contribution in [2.45, 2.75) is 100 Å². The van der Waals surface area contributed by atoms with Gasteiger partial charge in [-0.05, 0) is 143 Å². The molecule has 4 fully saturated rings. The number of carbonyl (C=O) groups excluding carboxylic acids is 1. The lowest BCUT2D eigenvalue weighted by Crippen LogP contribution is -2.47. The minimum absolute atomic E-state index is 0.0596. The van der Waals surface area contributed by atoms with Crippen molar-refractivity contribution in [2.24, 2.45) is 0 Å². The Labute approximate surface area is 405 Å². The number of rotatable bonds is 10. The molecule has 4 aromatic carbocycles. The van der Waals surface area contributed by atoms with E-state index in [1.165, 1.54) is 63.3 Å². The maximum absolute atomic E-state index is 12.9. The Morgan fingerprint density at radius 2 is 1.15 bits per heavy atom. The summed E-state index contributed by atoms with van der Waals surface area (Å²) in [4.78, 5) is 14.6. The van der Waals surface area contributed by atoms with Gasteiger partial charge in [0.15, 0.2) is 0 Å². The quantitative estimate of drug-likeness (QED) is 0.140. The Morgan fingerprint density at radius 3 is 1.61 bits per heavy atom. The van der Waals surface area contributed by atoms with Gasteiger partial charge < -0.3 is 15.0 Å². The highest BCUT2D eigenvalue weighted by atomic mass is 35.5. The van der Waals surface area contributed by atoms with E-state index in [0.29, 0.717) is 24.0 Å². The molecule has 2 saturated heterocycles. The van der Waals surface area contributed by atoms with Crippen LogP contribution in [0.5, 0.6) is 0 Å². The standard InChI is InChI=1S/C30H37ClN4O4S.C23H24ClN3/c1-29(2,3)39-28(36)34-18-16-30(17-19-34,24-12-14-25(31)15-13-24)23-10-8-21(9-11-23)26-20-32-35(27(26)22-6-7-22)40(37,38)33(4)5;24-20-9-7-19(8-10-20)23(11-13-25-14-12-23)18-5-3-16(4-6-18)21-15-26-27-22(21)17-1-2-17/h8-15,20,22H,6-7,16-19H2,1-5H3;3-10,15,17,25H,1-2,11-14H2,(H,26,27). The number of piperidine rings is 2. The van der Waals surface area contributed by atoms with Crippen LogP contribution in [0.3, 0.4) is 0 Å². The number of aromatic amines is 1. The minimum Gasteiger partial charge on any atom is -0.444 e. The van der Waals surface area contributed by atoms with Crippen LogP contribution in [-0.4, -0.2) is 89.0 Å². The Hall–Kier alpha value is -4.98. The smallest absolute Gasteiger partial charge is 0.410 e. The number of hydrogen-bond acceptors (Lipinski definition) is 7. The number of carbonyl (C=O) groups is 1. The van der Waals surface area contributed by atoms with Gasteiger partial charge in [-0.2, -0.15) is 22.9 Å². The zero-order chi connectivity index (χ0) is 47.1. The molecule has 1 amide bonds. The first-order valence-corrected chi connectivity index (χ1v) is 25.7. The first-order chi connectivity index (χ1) is 32.1. The van der Waals surface area contributed by atoms with E-state index in [2.05, 4.69) is 93.4 Å². The summed E-state index contributed by atoms with van der Waals surface area (Å²) in [5, 5.41) is 16.8. The largest absolute Gasteiger partial charge is 0.444 e. The lowest BCUT2D eigenvalue weighted by Gasteiger charge is -2.43. The van der Waals surface area contributed by atoms with Gasteiger partial charge in [0.1, 0.15) is 5.60 Å². The number of nitrogens with zero attached hydrogens (tertiary/aromatic N) is 5. The molecule has 0 spiro atoms. The molecule has 0 atom stereocenters. The van der Waals surface area contributed by atoms with Gasteiger partial charge in [0.05, 0.1) is 18.1 Å². The summed E-state index contributed by atoms with van der Waals surface area (Å²) in [7, 11) is -0.672. The van der Waals surface area contributed by atoms with Crippen LogP contribution in [0.15, 0.2) is 109 Å². The van der Waals surface area contributed by atoms with Crippen LogP contribution < -0.4 is 5.32 Å². The number of benzene rings is 4. The topological polar surface area (TPSA) is 125 Å². The van der Waals surface area contributed by atoms with Gasteiger partial charge >= 0.3 is 16.3 Å². The lowest BCUT2D eigenvalue weighted by molar-refractivity contribution is 0.0180. The molecule has 2 aromatic heterocycles. The summed E-state index contributed by atoms with van der Waals surface area (Å²) < 4.78 is 33.9. The average Bonchev–Trinajstić information content (AvgIpc) is 4.26. The van der Waals surface area contributed by atoms with Crippen molar-refractivity contribution >= 4 is 39.5 Å². The third-order valence-electron chi connectivity index (χ3n) is 14.1. The second-order valence-electron chi connectivity index (χ2n) is 19.9. The van der Waals surface area contributed by atoms with E-state index < -0.39 is 15.8 Å². The van der Waals surface area contributed by atoms with Crippen LogP contribution >= 0.6 is 23.2 Å². The zero-order valence-corrected chi connectivity index (χ0v) is 41.4. The molecule has 2 aliphatic carbocycles. The lowest BCUT2D eigenvalue weighted by atomic mass is 9.68. The summed E-state index contributed by atoms with van der Waals surface area (Å²) in [6.45, 7) is 8.85. The number of aromatic nitrogens is 4. The van der Waals surface area contributed by atoms with Gasteiger partial charge in [-0.25, -0.2) is 4.79 Å².